The highest BCUT2D eigenvalue weighted by Gasteiger charge is 2.27. The maximum atomic E-state index is 12.3. The normalized spacial score (nSPS) is 25.1. The average molecular weight is 311 g/mol. The van der Waals surface area contributed by atoms with Crippen molar-refractivity contribution in [1.29, 1.82) is 0 Å². The fourth-order valence-corrected chi connectivity index (χ4v) is 2.62. The lowest BCUT2D eigenvalue weighted by Crippen LogP contribution is -2.43. The highest BCUT2D eigenvalue weighted by Crippen LogP contribution is 2.25. The van der Waals surface area contributed by atoms with E-state index in [9.17, 15) is 4.79 Å². The summed E-state index contributed by atoms with van der Waals surface area (Å²) in [6.07, 6.45) is 0.974. The van der Waals surface area contributed by atoms with Crippen LogP contribution in [0.2, 0.25) is 0 Å². The van der Waals surface area contributed by atoms with Crippen LogP contribution in [0, 0.1) is 6.92 Å². The van der Waals surface area contributed by atoms with E-state index in [-0.39, 0.29) is 11.9 Å². The first-order valence-corrected chi connectivity index (χ1v) is 7.12. The Morgan fingerprint density at radius 1 is 1.39 bits per heavy atom. The standard InChI is InChI=1S/C14H19BrN2O/c1-9-4-5-12(8-13(9)15)17-7-6-10(2)16-11(3)14(17)18/h4-5,8,10-11,16H,6-7H2,1-3H3. The number of anilines is 1. The van der Waals surface area contributed by atoms with Crippen molar-refractivity contribution in [3.63, 3.8) is 0 Å². The van der Waals surface area contributed by atoms with Gasteiger partial charge in [-0.15, -0.1) is 0 Å². The highest BCUT2D eigenvalue weighted by atomic mass is 79.9. The SMILES string of the molecule is Cc1ccc(N2CCC(C)NC(C)C2=O)cc1Br. The Balaban J connectivity index is 2.30. The number of nitrogens with one attached hydrogen (secondary N) is 1. The topological polar surface area (TPSA) is 32.3 Å². The molecule has 1 aromatic rings. The van der Waals surface area contributed by atoms with E-state index < -0.39 is 0 Å². The summed E-state index contributed by atoms with van der Waals surface area (Å²) < 4.78 is 1.05. The predicted octanol–water partition coefficient (Wildman–Crippen LogP) is 2.86. The second-order valence-corrected chi connectivity index (χ2v) is 5.86. The number of nitrogens with zero attached hydrogens (tertiary/aromatic N) is 1. The maximum absolute atomic E-state index is 12.3. The van der Waals surface area contributed by atoms with Crippen LogP contribution in [0.3, 0.4) is 0 Å². The quantitative estimate of drug-likeness (QED) is 0.865. The number of carbonyl (C=O) groups is 1. The number of halogens is 1. The third kappa shape index (κ3) is 2.75. The minimum absolute atomic E-state index is 0.123. The number of benzene rings is 1. The Morgan fingerprint density at radius 2 is 2.11 bits per heavy atom. The molecule has 98 valence electrons. The Bertz CT molecular complexity index is 461. The van der Waals surface area contributed by atoms with Gasteiger partial charge in [0.2, 0.25) is 5.91 Å². The smallest absolute Gasteiger partial charge is 0.243 e. The molecule has 2 unspecified atom stereocenters. The average Bonchev–Trinajstić information content (AvgIpc) is 2.44. The van der Waals surface area contributed by atoms with Gasteiger partial charge in [-0.05, 0) is 44.9 Å². The van der Waals surface area contributed by atoms with Crippen LogP contribution in [0.1, 0.15) is 25.8 Å². The van der Waals surface area contributed by atoms with Gasteiger partial charge in [-0.25, -0.2) is 0 Å². The van der Waals surface area contributed by atoms with Crippen LogP contribution in [-0.2, 0) is 4.79 Å². The number of hydrogen-bond donors (Lipinski definition) is 1. The molecule has 3 nitrogen and oxygen atoms in total. The predicted molar refractivity (Wildman–Crippen MR) is 77.9 cm³/mol. The molecule has 2 rings (SSSR count). The van der Waals surface area contributed by atoms with E-state index in [1.807, 2.05) is 36.9 Å². The van der Waals surface area contributed by atoms with Crippen molar-refractivity contribution in [3.05, 3.63) is 28.2 Å². The lowest BCUT2D eigenvalue weighted by atomic mass is 10.2. The Morgan fingerprint density at radius 3 is 2.78 bits per heavy atom. The summed E-state index contributed by atoms with van der Waals surface area (Å²) in [6.45, 7) is 6.87. The van der Waals surface area contributed by atoms with E-state index in [1.165, 1.54) is 5.56 Å². The van der Waals surface area contributed by atoms with Crippen molar-refractivity contribution >= 4 is 27.5 Å². The van der Waals surface area contributed by atoms with Crippen molar-refractivity contribution in [1.82, 2.24) is 5.32 Å². The second kappa shape index (κ2) is 5.41. The molecule has 0 aromatic heterocycles. The van der Waals surface area contributed by atoms with Crippen molar-refractivity contribution < 1.29 is 4.79 Å². The third-order valence-electron chi connectivity index (χ3n) is 3.42. The van der Waals surface area contributed by atoms with E-state index >= 15 is 0 Å². The van der Waals surface area contributed by atoms with Gasteiger partial charge in [-0.3, -0.25) is 4.79 Å². The number of aryl methyl sites for hydroxylation is 1. The summed E-state index contributed by atoms with van der Waals surface area (Å²) >= 11 is 3.53. The van der Waals surface area contributed by atoms with Gasteiger partial charge in [0.1, 0.15) is 0 Å². The zero-order valence-electron chi connectivity index (χ0n) is 11.0. The number of amides is 1. The summed E-state index contributed by atoms with van der Waals surface area (Å²) in [5.41, 5.74) is 2.15. The molecule has 0 spiro atoms. The molecule has 0 saturated carbocycles. The molecule has 0 bridgehead atoms. The van der Waals surface area contributed by atoms with Gasteiger partial charge in [-0.1, -0.05) is 22.0 Å². The van der Waals surface area contributed by atoms with Crippen molar-refractivity contribution in [2.75, 3.05) is 11.4 Å². The number of carbonyl (C=O) groups excluding carboxylic acids is 1. The van der Waals surface area contributed by atoms with Crippen LogP contribution in [0.15, 0.2) is 22.7 Å². The molecule has 1 aliphatic rings. The van der Waals surface area contributed by atoms with Crippen LogP contribution in [-0.4, -0.2) is 24.5 Å². The first kappa shape index (κ1) is 13.6. The molecule has 1 aliphatic heterocycles. The molecule has 1 saturated heterocycles. The van der Waals surface area contributed by atoms with E-state index in [0.29, 0.717) is 6.04 Å². The van der Waals surface area contributed by atoms with Crippen molar-refractivity contribution in [3.8, 4) is 0 Å². The fraction of sp³-hybridized carbons (Fsp3) is 0.500. The van der Waals surface area contributed by atoms with E-state index in [0.717, 1.165) is 23.1 Å². The largest absolute Gasteiger partial charge is 0.311 e. The molecule has 1 fully saturated rings. The molecule has 1 aromatic carbocycles. The van der Waals surface area contributed by atoms with Crippen LogP contribution in [0.25, 0.3) is 0 Å². The molecule has 4 heteroatoms. The van der Waals surface area contributed by atoms with Gasteiger partial charge in [0.05, 0.1) is 6.04 Å². The molecule has 1 N–H and O–H groups in total. The van der Waals surface area contributed by atoms with Gasteiger partial charge in [0.15, 0.2) is 0 Å². The van der Waals surface area contributed by atoms with Gasteiger partial charge < -0.3 is 10.2 Å². The second-order valence-electron chi connectivity index (χ2n) is 5.00. The summed E-state index contributed by atoms with van der Waals surface area (Å²) in [5, 5.41) is 3.31. The zero-order valence-corrected chi connectivity index (χ0v) is 12.6. The fourth-order valence-electron chi connectivity index (χ4n) is 2.25. The van der Waals surface area contributed by atoms with Crippen molar-refractivity contribution in [2.24, 2.45) is 0 Å². The number of rotatable bonds is 1. The molecular formula is C14H19BrN2O. The molecular weight excluding hydrogens is 292 g/mol. The van der Waals surface area contributed by atoms with Gasteiger partial charge in [0.25, 0.3) is 0 Å². The van der Waals surface area contributed by atoms with Gasteiger partial charge >= 0.3 is 0 Å². The first-order chi connectivity index (χ1) is 8.49. The van der Waals surface area contributed by atoms with E-state index in [4.69, 9.17) is 0 Å². The van der Waals surface area contributed by atoms with Gasteiger partial charge in [0, 0.05) is 22.7 Å². The van der Waals surface area contributed by atoms with Crippen molar-refractivity contribution in [2.45, 2.75) is 39.3 Å². The van der Waals surface area contributed by atoms with Gasteiger partial charge in [-0.2, -0.15) is 0 Å². The summed E-state index contributed by atoms with van der Waals surface area (Å²) in [4.78, 5) is 14.2. The van der Waals surface area contributed by atoms with Crippen LogP contribution >= 0.6 is 15.9 Å². The van der Waals surface area contributed by atoms with E-state index in [1.54, 1.807) is 0 Å². The monoisotopic (exact) mass is 310 g/mol. The number of hydrogen-bond acceptors (Lipinski definition) is 2. The van der Waals surface area contributed by atoms with Crippen LogP contribution in [0.5, 0.6) is 0 Å². The molecule has 0 radical (unpaired) electrons. The molecule has 1 amide bonds. The molecule has 0 aliphatic carbocycles. The Kier molecular flexibility index (Phi) is 4.07. The Labute approximate surface area is 117 Å². The summed E-state index contributed by atoms with van der Waals surface area (Å²) in [5.74, 6) is 0.148. The highest BCUT2D eigenvalue weighted by molar-refractivity contribution is 9.10. The third-order valence-corrected chi connectivity index (χ3v) is 4.28. The van der Waals surface area contributed by atoms with Crippen LogP contribution < -0.4 is 10.2 Å². The molecule has 2 atom stereocenters. The minimum atomic E-state index is -0.123. The maximum Gasteiger partial charge on any atom is 0.243 e. The molecule has 1 heterocycles. The molecule has 18 heavy (non-hydrogen) atoms. The minimum Gasteiger partial charge on any atom is -0.311 e. The summed E-state index contributed by atoms with van der Waals surface area (Å²) in [6, 6.07) is 6.33. The van der Waals surface area contributed by atoms with E-state index in [2.05, 4.69) is 28.2 Å². The van der Waals surface area contributed by atoms with Crippen LogP contribution in [0.4, 0.5) is 5.69 Å². The summed E-state index contributed by atoms with van der Waals surface area (Å²) in [7, 11) is 0. The lowest BCUT2D eigenvalue weighted by Gasteiger charge is -2.23. The zero-order chi connectivity index (χ0) is 13.3. The Hall–Kier alpha value is -0.870. The lowest BCUT2D eigenvalue weighted by molar-refractivity contribution is -0.119. The first-order valence-electron chi connectivity index (χ1n) is 6.32.